The van der Waals surface area contributed by atoms with Gasteiger partial charge in [0, 0.05) is 18.8 Å². The van der Waals surface area contributed by atoms with Gasteiger partial charge in [-0.15, -0.1) is 0 Å². The first kappa shape index (κ1) is 14.2. The van der Waals surface area contributed by atoms with E-state index in [1.165, 1.54) is 24.2 Å². The number of nitriles is 1. The van der Waals surface area contributed by atoms with Crippen LogP contribution in [0.15, 0.2) is 12.4 Å². The van der Waals surface area contributed by atoms with Gasteiger partial charge in [-0.1, -0.05) is 0 Å². The van der Waals surface area contributed by atoms with Crippen molar-refractivity contribution in [1.82, 2.24) is 19.5 Å². The first-order valence-electron chi connectivity index (χ1n) is 8.30. The molecule has 3 heterocycles. The fraction of sp³-hybridized carbons (Fsp3) is 0.529. The van der Waals surface area contributed by atoms with Gasteiger partial charge in [-0.25, -0.2) is 15.0 Å². The molecule has 0 spiro atoms. The molecule has 0 amide bonds. The highest BCUT2D eigenvalue weighted by atomic mass is 15.3. The molecule has 6 heteroatoms. The number of aryl methyl sites for hydroxylation is 2. The molecule has 1 aliphatic heterocycles. The van der Waals surface area contributed by atoms with E-state index in [4.69, 9.17) is 10.2 Å². The highest BCUT2D eigenvalue weighted by Gasteiger charge is 2.29. The van der Waals surface area contributed by atoms with Gasteiger partial charge in [0.1, 0.15) is 17.7 Å². The summed E-state index contributed by atoms with van der Waals surface area (Å²) in [4.78, 5) is 15.6. The topological polar surface area (TPSA) is 70.6 Å². The minimum Gasteiger partial charge on any atom is -0.353 e. The predicted octanol–water partition coefficient (Wildman–Crippen LogP) is 2.18. The van der Waals surface area contributed by atoms with E-state index in [0.717, 1.165) is 44.0 Å². The average Bonchev–Trinajstić information content (AvgIpc) is 3.18. The molecule has 1 atom stereocenters. The van der Waals surface area contributed by atoms with Crippen molar-refractivity contribution in [1.29, 1.82) is 5.26 Å². The van der Waals surface area contributed by atoms with Crippen LogP contribution in [0.4, 0.5) is 5.82 Å². The Bertz CT molecular complexity index is 755. The van der Waals surface area contributed by atoms with Gasteiger partial charge in [0.2, 0.25) is 0 Å². The van der Waals surface area contributed by atoms with E-state index in [0.29, 0.717) is 11.7 Å². The molecule has 2 aliphatic rings. The largest absolute Gasteiger partial charge is 0.353 e. The van der Waals surface area contributed by atoms with Gasteiger partial charge in [0.05, 0.1) is 24.1 Å². The van der Waals surface area contributed by atoms with E-state index in [9.17, 15) is 0 Å². The lowest BCUT2D eigenvalue weighted by atomic mass is 10.0. The Labute approximate surface area is 135 Å². The van der Waals surface area contributed by atoms with Crippen LogP contribution in [0.25, 0.3) is 0 Å². The zero-order chi connectivity index (χ0) is 15.8. The fourth-order valence-electron chi connectivity index (χ4n) is 3.89. The zero-order valence-electron chi connectivity index (χ0n) is 13.4. The number of nitrogens with zero attached hydrogens (tertiary/aromatic N) is 6. The number of aromatic nitrogens is 4. The van der Waals surface area contributed by atoms with Crippen LogP contribution in [0.5, 0.6) is 0 Å². The molecule has 1 fully saturated rings. The van der Waals surface area contributed by atoms with Crippen molar-refractivity contribution in [3.63, 3.8) is 0 Å². The molecule has 2 aromatic rings. The Balaban J connectivity index is 1.56. The van der Waals surface area contributed by atoms with E-state index in [1.54, 1.807) is 12.4 Å². The van der Waals surface area contributed by atoms with Gasteiger partial charge in [-0.3, -0.25) is 0 Å². The van der Waals surface area contributed by atoms with Crippen molar-refractivity contribution in [2.24, 2.45) is 0 Å². The molecule has 1 aliphatic carbocycles. The second-order valence-electron chi connectivity index (χ2n) is 6.39. The van der Waals surface area contributed by atoms with Crippen LogP contribution in [0.3, 0.4) is 0 Å². The van der Waals surface area contributed by atoms with Crippen LogP contribution >= 0.6 is 0 Å². The van der Waals surface area contributed by atoms with Crippen LogP contribution in [-0.4, -0.2) is 32.6 Å². The molecule has 0 aromatic carbocycles. The fourth-order valence-corrected chi connectivity index (χ4v) is 3.89. The number of hydrogen-bond acceptors (Lipinski definition) is 5. The van der Waals surface area contributed by atoms with Crippen molar-refractivity contribution >= 4 is 5.82 Å². The number of anilines is 1. The molecule has 23 heavy (non-hydrogen) atoms. The van der Waals surface area contributed by atoms with E-state index in [-0.39, 0.29) is 0 Å². The third-order valence-electron chi connectivity index (χ3n) is 4.95. The summed E-state index contributed by atoms with van der Waals surface area (Å²) in [6, 6.07) is 2.47. The maximum Gasteiger partial charge on any atom is 0.158 e. The molecule has 0 N–H and O–H groups in total. The summed E-state index contributed by atoms with van der Waals surface area (Å²) >= 11 is 0. The third kappa shape index (κ3) is 2.46. The Morgan fingerprint density at radius 3 is 2.87 bits per heavy atom. The van der Waals surface area contributed by atoms with E-state index < -0.39 is 0 Å². The Kier molecular flexibility index (Phi) is 3.49. The normalized spacial score (nSPS) is 20.3. The van der Waals surface area contributed by atoms with Crippen LogP contribution in [0.1, 0.15) is 48.2 Å². The van der Waals surface area contributed by atoms with Crippen molar-refractivity contribution < 1.29 is 0 Å². The number of imidazole rings is 1. The monoisotopic (exact) mass is 308 g/mol. The van der Waals surface area contributed by atoms with Gasteiger partial charge in [0.15, 0.2) is 5.69 Å². The molecular formula is C17H20N6. The standard InChI is InChI=1S/C17H20N6/c1-12-21-15-4-2-3-5-16(15)23(12)14-6-7-22(11-14)17-10-19-13(8-18)9-20-17/h9-10,14H,2-7,11H2,1H3. The molecule has 1 saturated heterocycles. The maximum absolute atomic E-state index is 8.83. The Morgan fingerprint density at radius 2 is 2.09 bits per heavy atom. The van der Waals surface area contributed by atoms with E-state index in [2.05, 4.69) is 26.4 Å². The third-order valence-corrected chi connectivity index (χ3v) is 4.95. The minimum absolute atomic E-state index is 0.365. The second kappa shape index (κ2) is 5.65. The molecule has 118 valence electrons. The molecule has 0 radical (unpaired) electrons. The van der Waals surface area contributed by atoms with Gasteiger partial charge in [-0.2, -0.15) is 5.26 Å². The van der Waals surface area contributed by atoms with Crippen molar-refractivity contribution in [3.05, 3.63) is 35.3 Å². The van der Waals surface area contributed by atoms with Gasteiger partial charge in [-0.05, 0) is 39.0 Å². The smallest absolute Gasteiger partial charge is 0.158 e. The SMILES string of the molecule is Cc1nc2c(n1C1CCN(c3cnc(C#N)cn3)C1)CCCC2. The lowest BCUT2D eigenvalue weighted by Crippen LogP contribution is -2.23. The van der Waals surface area contributed by atoms with E-state index in [1.807, 2.05) is 6.07 Å². The van der Waals surface area contributed by atoms with Crippen molar-refractivity contribution in [2.75, 3.05) is 18.0 Å². The van der Waals surface area contributed by atoms with Crippen LogP contribution in [0, 0.1) is 18.3 Å². The lowest BCUT2D eigenvalue weighted by molar-refractivity contribution is 0.504. The molecule has 0 saturated carbocycles. The van der Waals surface area contributed by atoms with Crippen LogP contribution in [0.2, 0.25) is 0 Å². The van der Waals surface area contributed by atoms with Crippen molar-refractivity contribution in [3.8, 4) is 6.07 Å². The van der Waals surface area contributed by atoms with Gasteiger partial charge < -0.3 is 9.47 Å². The number of fused-ring (bicyclic) bond motifs is 1. The highest BCUT2D eigenvalue weighted by Crippen LogP contribution is 2.31. The second-order valence-corrected chi connectivity index (χ2v) is 6.39. The first-order chi connectivity index (χ1) is 11.3. The molecule has 6 nitrogen and oxygen atoms in total. The lowest BCUT2D eigenvalue weighted by Gasteiger charge is -2.21. The van der Waals surface area contributed by atoms with E-state index >= 15 is 0 Å². The van der Waals surface area contributed by atoms with Crippen LogP contribution in [-0.2, 0) is 12.8 Å². The first-order valence-corrected chi connectivity index (χ1v) is 8.30. The summed E-state index contributed by atoms with van der Waals surface area (Å²) < 4.78 is 2.46. The van der Waals surface area contributed by atoms with Crippen LogP contribution < -0.4 is 4.90 Å². The summed E-state index contributed by atoms with van der Waals surface area (Å²) in [5, 5.41) is 8.83. The van der Waals surface area contributed by atoms with Gasteiger partial charge >= 0.3 is 0 Å². The predicted molar refractivity (Wildman–Crippen MR) is 86.2 cm³/mol. The number of hydrogen-bond donors (Lipinski definition) is 0. The quantitative estimate of drug-likeness (QED) is 0.850. The molecule has 1 unspecified atom stereocenters. The van der Waals surface area contributed by atoms with Crippen molar-refractivity contribution in [2.45, 2.75) is 45.1 Å². The number of rotatable bonds is 2. The summed E-state index contributed by atoms with van der Waals surface area (Å²) in [5.41, 5.74) is 3.13. The molecule has 0 bridgehead atoms. The maximum atomic E-state index is 8.83. The highest BCUT2D eigenvalue weighted by molar-refractivity contribution is 5.39. The summed E-state index contributed by atoms with van der Waals surface area (Å²) in [6.07, 6.45) is 9.18. The average molecular weight is 308 g/mol. The molecule has 4 rings (SSSR count). The zero-order valence-corrected chi connectivity index (χ0v) is 13.4. The summed E-state index contributed by atoms with van der Waals surface area (Å²) in [7, 11) is 0. The van der Waals surface area contributed by atoms with Gasteiger partial charge in [0.25, 0.3) is 0 Å². The summed E-state index contributed by atoms with van der Waals surface area (Å²) in [5.74, 6) is 2.01. The molecular weight excluding hydrogens is 288 g/mol. The minimum atomic E-state index is 0.365. The Morgan fingerprint density at radius 1 is 1.22 bits per heavy atom. The summed E-state index contributed by atoms with van der Waals surface area (Å²) in [6.45, 7) is 4.03. The molecule has 2 aromatic heterocycles. The Hall–Kier alpha value is -2.42.